The van der Waals surface area contributed by atoms with E-state index in [-0.39, 0.29) is 5.56 Å². The van der Waals surface area contributed by atoms with Crippen LogP contribution in [-0.4, -0.2) is 22.0 Å². The molecule has 1 heterocycles. The van der Waals surface area contributed by atoms with E-state index in [1.165, 1.54) is 10.9 Å². The summed E-state index contributed by atoms with van der Waals surface area (Å²) in [6, 6.07) is 14.6. The molecular weight excluding hydrogens is 340 g/mol. The number of rotatable bonds is 4. The van der Waals surface area contributed by atoms with Gasteiger partial charge in [-0.05, 0) is 44.0 Å². The third kappa shape index (κ3) is 4.06. The Labute approximate surface area is 157 Å². The van der Waals surface area contributed by atoms with E-state index < -0.39 is 6.03 Å². The maximum atomic E-state index is 12.7. The van der Waals surface area contributed by atoms with Crippen molar-refractivity contribution in [1.29, 1.82) is 0 Å². The molecule has 0 aliphatic carbocycles. The van der Waals surface area contributed by atoms with Crippen molar-refractivity contribution in [3.63, 3.8) is 0 Å². The van der Waals surface area contributed by atoms with Crippen LogP contribution in [0.5, 0.6) is 0 Å². The zero-order chi connectivity index (χ0) is 19.4. The number of H-pyrrole nitrogens is 1. The molecule has 2 aromatic carbocycles. The van der Waals surface area contributed by atoms with Gasteiger partial charge in [-0.3, -0.25) is 9.89 Å². The molecule has 0 atom stereocenters. The predicted octanol–water partition coefficient (Wildman–Crippen LogP) is 4.00. The molecule has 0 saturated carbocycles. The number of carbonyl (C=O) groups excluding carboxylic acids is 1. The number of hydrogen-bond acceptors (Lipinski definition) is 2. The van der Waals surface area contributed by atoms with Gasteiger partial charge in [-0.2, -0.15) is 0 Å². The van der Waals surface area contributed by atoms with Crippen LogP contribution in [0, 0.1) is 13.8 Å². The van der Waals surface area contributed by atoms with Gasteiger partial charge in [0, 0.05) is 17.6 Å². The van der Waals surface area contributed by atoms with Crippen LogP contribution in [0.2, 0.25) is 0 Å². The molecule has 0 unspecified atom stereocenters. The summed E-state index contributed by atoms with van der Waals surface area (Å²) in [6.07, 6.45) is 2.11. The average Bonchev–Trinajstić information content (AvgIpc) is 2.95. The lowest BCUT2D eigenvalue weighted by atomic mass is 10.1. The Morgan fingerprint density at radius 3 is 2.56 bits per heavy atom. The number of benzene rings is 2. The van der Waals surface area contributed by atoms with Crippen molar-refractivity contribution in [3.8, 4) is 5.69 Å². The maximum absolute atomic E-state index is 12.7. The maximum Gasteiger partial charge on any atom is 0.345 e. The lowest BCUT2D eigenvalue weighted by Gasteiger charge is -2.06. The highest BCUT2D eigenvalue weighted by atomic mass is 16.2. The highest BCUT2D eigenvalue weighted by molar-refractivity contribution is 5.98. The van der Waals surface area contributed by atoms with E-state index in [1.807, 2.05) is 62.4 Å². The molecule has 3 aromatic rings. The standard InChI is InChI=1S/C21H22N4O2/c1-4-16-7-5-6-8-19(16)23-21(27)22-13-18-15(3)24-25(20(18)26)17-11-9-14(2)10-12-17/h5-13,24H,4H2,1-3H3,(H,23,27)/b22-13+. The first kappa shape index (κ1) is 18.4. The van der Waals surface area contributed by atoms with E-state index in [2.05, 4.69) is 15.4 Å². The number of carbonyl (C=O) groups is 1. The summed E-state index contributed by atoms with van der Waals surface area (Å²) in [5, 5.41) is 5.78. The van der Waals surface area contributed by atoms with Crippen LogP contribution in [0.3, 0.4) is 0 Å². The summed E-state index contributed by atoms with van der Waals surface area (Å²) >= 11 is 0. The number of hydrogen-bond donors (Lipinski definition) is 2. The zero-order valence-electron chi connectivity index (χ0n) is 15.6. The lowest BCUT2D eigenvalue weighted by Crippen LogP contribution is -2.17. The number of anilines is 1. The van der Waals surface area contributed by atoms with E-state index in [1.54, 1.807) is 6.92 Å². The summed E-state index contributed by atoms with van der Waals surface area (Å²) in [7, 11) is 0. The number of para-hydroxylation sites is 1. The fraction of sp³-hybridized carbons (Fsp3) is 0.190. The summed E-state index contributed by atoms with van der Waals surface area (Å²) < 4.78 is 1.44. The Hall–Kier alpha value is -3.41. The van der Waals surface area contributed by atoms with E-state index in [4.69, 9.17) is 0 Å². The monoisotopic (exact) mass is 362 g/mol. The highest BCUT2D eigenvalue weighted by Crippen LogP contribution is 2.15. The molecular formula is C21H22N4O2. The third-order valence-corrected chi connectivity index (χ3v) is 4.36. The smallest absolute Gasteiger partial charge is 0.306 e. The van der Waals surface area contributed by atoms with Crippen molar-refractivity contribution in [2.24, 2.45) is 4.99 Å². The van der Waals surface area contributed by atoms with Crippen LogP contribution in [-0.2, 0) is 6.42 Å². The molecule has 0 spiro atoms. The van der Waals surface area contributed by atoms with Gasteiger partial charge in [0.25, 0.3) is 5.56 Å². The highest BCUT2D eigenvalue weighted by Gasteiger charge is 2.11. The van der Waals surface area contributed by atoms with E-state index in [0.717, 1.165) is 28.9 Å². The van der Waals surface area contributed by atoms with Crippen molar-refractivity contribution in [3.05, 3.63) is 81.3 Å². The lowest BCUT2D eigenvalue weighted by molar-refractivity contribution is 0.259. The van der Waals surface area contributed by atoms with Crippen LogP contribution < -0.4 is 10.9 Å². The Morgan fingerprint density at radius 2 is 1.85 bits per heavy atom. The minimum Gasteiger partial charge on any atom is -0.306 e. The minimum atomic E-state index is -0.516. The van der Waals surface area contributed by atoms with Crippen LogP contribution in [0.15, 0.2) is 58.3 Å². The van der Waals surface area contributed by atoms with Crippen LogP contribution in [0.25, 0.3) is 5.69 Å². The molecule has 0 fully saturated rings. The second kappa shape index (κ2) is 7.86. The first-order valence-corrected chi connectivity index (χ1v) is 8.81. The van der Waals surface area contributed by atoms with Crippen LogP contribution in [0.4, 0.5) is 10.5 Å². The molecule has 3 rings (SSSR count). The first-order valence-electron chi connectivity index (χ1n) is 8.81. The number of amides is 2. The SMILES string of the molecule is CCc1ccccc1NC(=O)/N=C/c1c(C)[nH]n(-c2ccc(C)cc2)c1=O. The molecule has 138 valence electrons. The topological polar surface area (TPSA) is 79.2 Å². The molecule has 1 aromatic heterocycles. The Kier molecular flexibility index (Phi) is 5.35. The molecule has 0 aliphatic rings. The number of aromatic amines is 1. The predicted molar refractivity (Wildman–Crippen MR) is 108 cm³/mol. The van der Waals surface area contributed by atoms with Gasteiger partial charge in [-0.25, -0.2) is 14.5 Å². The second-order valence-electron chi connectivity index (χ2n) is 6.33. The minimum absolute atomic E-state index is 0.248. The summed E-state index contributed by atoms with van der Waals surface area (Å²) in [5.74, 6) is 0. The van der Waals surface area contributed by atoms with Crippen molar-refractivity contribution >= 4 is 17.9 Å². The van der Waals surface area contributed by atoms with Gasteiger partial charge in [0.15, 0.2) is 0 Å². The van der Waals surface area contributed by atoms with E-state index >= 15 is 0 Å². The van der Waals surface area contributed by atoms with Crippen molar-refractivity contribution in [2.45, 2.75) is 27.2 Å². The van der Waals surface area contributed by atoms with E-state index in [0.29, 0.717) is 11.3 Å². The van der Waals surface area contributed by atoms with Crippen molar-refractivity contribution in [2.75, 3.05) is 5.32 Å². The number of aryl methyl sites for hydroxylation is 3. The van der Waals surface area contributed by atoms with Crippen LogP contribution in [0.1, 0.15) is 29.3 Å². The Morgan fingerprint density at radius 1 is 1.15 bits per heavy atom. The fourth-order valence-electron chi connectivity index (χ4n) is 2.81. The molecule has 0 aliphatic heterocycles. The summed E-state index contributed by atoms with van der Waals surface area (Å²) in [5.41, 5.74) is 4.35. The van der Waals surface area contributed by atoms with Crippen LogP contribution >= 0.6 is 0 Å². The summed E-state index contributed by atoms with van der Waals surface area (Å²) in [4.78, 5) is 28.7. The van der Waals surface area contributed by atoms with Gasteiger partial charge in [-0.15, -0.1) is 0 Å². The third-order valence-electron chi connectivity index (χ3n) is 4.36. The van der Waals surface area contributed by atoms with Gasteiger partial charge in [0.1, 0.15) is 0 Å². The van der Waals surface area contributed by atoms with E-state index in [9.17, 15) is 9.59 Å². The molecule has 2 N–H and O–H groups in total. The molecule has 0 bridgehead atoms. The second-order valence-corrected chi connectivity index (χ2v) is 6.33. The molecule has 27 heavy (non-hydrogen) atoms. The molecule has 6 heteroatoms. The Bertz CT molecular complexity index is 1040. The first-order chi connectivity index (χ1) is 13.0. The number of nitrogens with one attached hydrogen (secondary N) is 2. The zero-order valence-corrected chi connectivity index (χ0v) is 15.6. The quantitative estimate of drug-likeness (QED) is 0.688. The average molecular weight is 362 g/mol. The fourth-order valence-corrected chi connectivity index (χ4v) is 2.81. The van der Waals surface area contributed by atoms with Gasteiger partial charge in [0.05, 0.1) is 11.3 Å². The summed E-state index contributed by atoms with van der Waals surface area (Å²) in [6.45, 7) is 5.78. The number of urea groups is 1. The van der Waals surface area contributed by atoms with Gasteiger partial charge in [-0.1, -0.05) is 42.8 Å². The van der Waals surface area contributed by atoms with Crippen molar-refractivity contribution in [1.82, 2.24) is 9.78 Å². The molecule has 0 radical (unpaired) electrons. The normalized spacial score (nSPS) is 11.1. The molecule has 2 amide bonds. The largest absolute Gasteiger partial charge is 0.345 e. The van der Waals surface area contributed by atoms with Crippen molar-refractivity contribution < 1.29 is 4.79 Å². The number of aromatic nitrogens is 2. The molecule has 6 nitrogen and oxygen atoms in total. The van der Waals surface area contributed by atoms with Gasteiger partial charge >= 0.3 is 6.03 Å². The molecule has 0 saturated heterocycles. The number of aliphatic imine (C=N–C) groups is 1. The number of nitrogens with zero attached hydrogens (tertiary/aromatic N) is 2. The van der Waals surface area contributed by atoms with Gasteiger partial charge < -0.3 is 5.32 Å². The Balaban J connectivity index is 1.82. The van der Waals surface area contributed by atoms with Gasteiger partial charge in [0.2, 0.25) is 0 Å².